The molecule has 29 heavy (non-hydrogen) atoms. The van der Waals surface area contributed by atoms with Crippen LogP contribution in [0.3, 0.4) is 0 Å². The molecule has 3 aromatic carbocycles. The molecule has 0 saturated carbocycles. The molecule has 1 unspecified atom stereocenters. The van der Waals surface area contributed by atoms with Crippen LogP contribution in [0.2, 0.25) is 0 Å². The fourth-order valence-electron chi connectivity index (χ4n) is 3.09. The second-order valence-corrected chi connectivity index (χ2v) is 7.30. The summed E-state index contributed by atoms with van der Waals surface area (Å²) in [7, 11) is 0. The Bertz CT molecular complexity index is 829. The largest absolute Gasteiger partial charge is 0.494 e. The van der Waals surface area contributed by atoms with Gasteiger partial charge >= 0.3 is 0 Å². The van der Waals surface area contributed by atoms with Gasteiger partial charge in [0.2, 0.25) is 0 Å². The minimum absolute atomic E-state index is 0.131. The summed E-state index contributed by atoms with van der Waals surface area (Å²) in [5.74, 6) is 1.83. The highest BCUT2D eigenvalue weighted by Gasteiger charge is 2.08. The third-order valence-corrected chi connectivity index (χ3v) is 4.89. The van der Waals surface area contributed by atoms with Crippen molar-refractivity contribution in [1.82, 2.24) is 0 Å². The quantitative estimate of drug-likeness (QED) is 0.392. The average molecular weight is 390 g/mol. The van der Waals surface area contributed by atoms with Crippen LogP contribution in [0.1, 0.15) is 30.9 Å². The summed E-state index contributed by atoms with van der Waals surface area (Å²) >= 11 is 0. The number of benzene rings is 3. The van der Waals surface area contributed by atoms with E-state index in [1.807, 2.05) is 30.3 Å². The molecule has 3 heteroatoms. The summed E-state index contributed by atoms with van der Waals surface area (Å²) in [6, 6.07) is 26.9. The molecule has 3 aromatic rings. The van der Waals surface area contributed by atoms with Gasteiger partial charge in [0.15, 0.2) is 0 Å². The number of rotatable bonds is 11. The van der Waals surface area contributed by atoms with Crippen LogP contribution in [0, 0.1) is 6.92 Å². The Hall–Kier alpha value is -2.94. The fraction of sp³-hybridized carbons (Fsp3) is 0.308. The summed E-state index contributed by atoms with van der Waals surface area (Å²) in [6.07, 6.45) is 3.13. The Labute approximate surface area is 174 Å². The molecule has 0 radical (unpaired) electrons. The molecule has 0 saturated heterocycles. The monoisotopic (exact) mass is 389 g/mol. The number of nitrogens with one attached hydrogen (secondary N) is 1. The molecule has 3 rings (SSSR count). The number of ether oxygens (including phenoxy) is 2. The van der Waals surface area contributed by atoms with Gasteiger partial charge in [0.05, 0.1) is 13.2 Å². The second-order valence-electron chi connectivity index (χ2n) is 7.30. The lowest BCUT2D eigenvalue weighted by Gasteiger charge is -2.19. The van der Waals surface area contributed by atoms with Crippen molar-refractivity contribution in [2.45, 2.75) is 39.2 Å². The number of hydrogen-bond donors (Lipinski definition) is 1. The predicted molar refractivity (Wildman–Crippen MR) is 121 cm³/mol. The lowest BCUT2D eigenvalue weighted by molar-refractivity contribution is 0.210. The molecule has 1 N–H and O–H groups in total. The maximum Gasteiger partial charge on any atom is 0.119 e. The van der Waals surface area contributed by atoms with Gasteiger partial charge in [-0.1, -0.05) is 55.0 Å². The van der Waals surface area contributed by atoms with E-state index in [4.69, 9.17) is 9.47 Å². The number of anilines is 1. The van der Waals surface area contributed by atoms with Gasteiger partial charge < -0.3 is 14.8 Å². The van der Waals surface area contributed by atoms with E-state index >= 15 is 0 Å². The molecule has 0 aliphatic carbocycles. The molecule has 0 aliphatic heterocycles. The van der Waals surface area contributed by atoms with Gasteiger partial charge in [-0.3, -0.25) is 0 Å². The Balaban J connectivity index is 1.39. The van der Waals surface area contributed by atoms with Gasteiger partial charge in [0, 0.05) is 5.69 Å². The molecular weight excluding hydrogens is 358 g/mol. The van der Waals surface area contributed by atoms with Crippen LogP contribution < -0.4 is 14.8 Å². The van der Waals surface area contributed by atoms with Crippen molar-refractivity contribution in [3.05, 3.63) is 90.0 Å². The van der Waals surface area contributed by atoms with Crippen molar-refractivity contribution < 1.29 is 9.47 Å². The molecule has 0 aromatic heterocycles. The van der Waals surface area contributed by atoms with Gasteiger partial charge in [0.1, 0.15) is 17.6 Å². The summed E-state index contributed by atoms with van der Waals surface area (Å²) in [5, 5.41) is 3.46. The maximum absolute atomic E-state index is 6.08. The molecule has 3 nitrogen and oxygen atoms in total. The van der Waals surface area contributed by atoms with E-state index in [0.29, 0.717) is 0 Å². The van der Waals surface area contributed by atoms with E-state index in [1.54, 1.807) is 0 Å². The highest BCUT2D eigenvalue weighted by atomic mass is 16.5. The highest BCUT2D eigenvalue weighted by Crippen LogP contribution is 2.18. The lowest BCUT2D eigenvalue weighted by atomic mass is 10.1. The van der Waals surface area contributed by atoms with Crippen molar-refractivity contribution in [2.24, 2.45) is 0 Å². The summed E-state index contributed by atoms with van der Waals surface area (Å²) in [6.45, 7) is 5.72. The van der Waals surface area contributed by atoms with Crippen molar-refractivity contribution in [2.75, 3.05) is 18.5 Å². The zero-order chi connectivity index (χ0) is 20.3. The van der Waals surface area contributed by atoms with Crippen molar-refractivity contribution in [3.8, 4) is 11.5 Å². The van der Waals surface area contributed by atoms with E-state index in [2.05, 4.69) is 67.7 Å². The Kier molecular flexibility index (Phi) is 8.00. The molecule has 0 aliphatic rings. The zero-order valence-electron chi connectivity index (χ0n) is 17.4. The SMILES string of the molecule is CCC(CNc1ccc(OCCCc2ccccc2)cc1)Oc1ccc(C)cc1. The van der Waals surface area contributed by atoms with Gasteiger partial charge in [0.25, 0.3) is 0 Å². The molecule has 0 fully saturated rings. The van der Waals surface area contributed by atoms with Crippen LogP contribution in [-0.2, 0) is 6.42 Å². The molecule has 0 bridgehead atoms. The summed E-state index contributed by atoms with van der Waals surface area (Å²) in [4.78, 5) is 0. The van der Waals surface area contributed by atoms with Crippen LogP contribution in [0.15, 0.2) is 78.9 Å². The van der Waals surface area contributed by atoms with E-state index in [9.17, 15) is 0 Å². The normalized spacial score (nSPS) is 11.7. The molecule has 1 atom stereocenters. The third kappa shape index (κ3) is 7.19. The first-order valence-corrected chi connectivity index (χ1v) is 10.5. The minimum Gasteiger partial charge on any atom is -0.494 e. The van der Waals surface area contributed by atoms with Crippen molar-refractivity contribution >= 4 is 5.69 Å². The van der Waals surface area contributed by atoms with Crippen molar-refractivity contribution in [3.63, 3.8) is 0 Å². The van der Waals surface area contributed by atoms with Gasteiger partial charge in [-0.2, -0.15) is 0 Å². The van der Waals surface area contributed by atoms with Gasteiger partial charge in [-0.05, 0) is 68.1 Å². The minimum atomic E-state index is 0.131. The average Bonchev–Trinajstić information content (AvgIpc) is 2.77. The summed E-state index contributed by atoms with van der Waals surface area (Å²) < 4.78 is 11.9. The van der Waals surface area contributed by atoms with E-state index in [-0.39, 0.29) is 6.10 Å². The zero-order valence-corrected chi connectivity index (χ0v) is 17.4. The van der Waals surface area contributed by atoms with Crippen LogP contribution in [0.4, 0.5) is 5.69 Å². The standard InChI is InChI=1S/C26H31NO2/c1-3-24(29-26-15-11-21(2)12-16-26)20-27-23-13-17-25(18-14-23)28-19-7-10-22-8-5-4-6-9-22/h4-6,8-9,11-18,24,27H,3,7,10,19-20H2,1-2H3. The predicted octanol–water partition coefficient (Wildman–Crippen LogP) is 6.28. The van der Waals surface area contributed by atoms with Crippen molar-refractivity contribution in [1.29, 1.82) is 0 Å². The highest BCUT2D eigenvalue weighted by molar-refractivity contribution is 5.46. The first-order valence-electron chi connectivity index (χ1n) is 10.5. The topological polar surface area (TPSA) is 30.5 Å². The van der Waals surface area contributed by atoms with Crippen LogP contribution in [0.5, 0.6) is 11.5 Å². The third-order valence-electron chi connectivity index (χ3n) is 4.89. The molecular formula is C26H31NO2. The Morgan fingerprint density at radius 2 is 1.52 bits per heavy atom. The Morgan fingerprint density at radius 1 is 0.828 bits per heavy atom. The van der Waals surface area contributed by atoms with Crippen LogP contribution in [0.25, 0.3) is 0 Å². The first-order chi connectivity index (χ1) is 14.2. The maximum atomic E-state index is 6.08. The van der Waals surface area contributed by atoms with E-state index < -0.39 is 0 Å². The van der Waals surface area contributed by atoms with E-state index in [0.717, 1.165) is 49.6 Å². The first kappa shape index (κ1) is 20.8. The molecule has 0 heterocycles. The van der Waals surface area contributed by atoms with Crippen LogP contribution >= 0.6 is 0 Å². The Morgan fingerprint density at radius 3 is 2.21 bits per heavy atom. The summed E-state index contributed by atoms with van der Waals surface area (Å²) in [5.41, 5.74) is 3.67. The second kappa shape index (κ2) is 11.2. The number of hydrogen-bond acceptors (Lipinski definition) is 3. The molecule has 152 valence electrons. The fourth-order valence-corrected chi connectivity index (χ4v) is 3.09. The van der Waals surface area contributed by atoms with Crippen LogP contribution in [-0.4, -0.2) is 19.3 Å². The molecule has 0 spiro atoms. The molecule has 0 amide bonds. The number of aryl methyl sites for hydroxylation is 2. The lowest BCUT2D eigenvalue weighted by Crippen LogP contribution is -2.25. The van der Waals surface area contributed by atoms with Gasteiger partial charge in [-0.25, -0.2) is 0 Å². The smallest absolute Gasteiger partial charge is 0.119 e. The van der Waals surface area contributed by atoms with E-state index in [1.165, 1.54) is 11.1 Å². The van der Waals surface area contributed by atoms with Gasteiger partial charge in [-0.15, -0.1) is 0 Å².